The molecule has 2 bridgehead atoms. The summed E-state index contributed by atoms with van der Waals surface area (Å²) in [6.45, 7) is 32.1. The Balaban J connectivity index is 0.000000203. The van der Waals surface area contributed by atoms with Gasteiger partial charge in [-0.2, -0.15) is 0 Å². The molecule has 3 unspecified atom stereocenters. The Morgan fingerprint density at radius 2 is 0.895 bits per heavy atom. The van der Waals surface area contributed by atoms with Crippen LogP contribution in [-0.4, -0.2) is 107 Å². The van der Waals surface area contributed by atoms with Crippen LogP contribution in [0.1, 0.15) is 115 Å². The van der Waals surface area contributed by atoms with Gasteiger partial charge in [0.25, 0.3) is 0 Å². The van der Waals surface area contributed by atoms with Crippen molar-refractivity contribution in [2.24, 2.45) is 0 Å². The average molecular weight is 537 g/mol. The van der Waals surface area contributed by atoms with Gasteiger partial charge in [0.05, 0.1) is 0 Å². The van der Waals surface area contributed by atoms with Crippen LogP contribution in [0.4, 0.5) is 0 Å². The minimum absolute atomic E-state index is 0.627. The number of rotatable bonds is 9. The number of nitrogens with one attached hydrogen (secondary N) is 3. The molecule has 0 aromatic carbocycles. The lowest BCUT2D eigenvalue weighted by atomic mass is 9.95. The molecule has 0 aromatic heterocycles. The van der Waals surface area contributed by atoms with E-state index in [1.165, 1.54) is 58.3 Å². The molecule has 4 saturated heterocycles. The lowest BCUT2D eigenvalue weighted by Crippen LogP contribution is -2.61. The van der Waals surface area contributed by atoms with Crippen molar-refractivity contribution in [2.45, 2.75) is 182 Å². The van der Waals surface area contributed by atoms with Crippen LogP contribution in [0.3, 0.4) is 0 Å². The Bertz CT molecular complexity index is 613. The maximum atomic E-state index is 3.72. The predicted octanol–water partition coefficient (Wildman–Crippen LogP) is 4.93. The molecule has 0 saturated carbocycles. The van der Waals surface area contributed by atoms with E-state index in [1.807, 2.05) is 0 Å². The number of fused-ring (bicyclic) bond motifs is 2. The first kappa shape index (κ1) is 34.0. The Labute approximate surface area is 238 Å². The van der Waals surface area contributed by atoms with Crippen molar-refractivity contribution in [3.8, 4) is 0 Å². The topological polar surface area (TPSA) is 45.8 Å². The van der Waals surface area contributed by atoms with Crippen LogP contribution in [0.5, 0.6) is 0 Å². The number of hydrogen-bond donors (Lipinski definition) is 3. The summed E-state index contributed by atoms with van der Waals surface area (Å²) < 4.78 is 0. The molecule has 226 valence electrons. The zero-order valence-electron chi connectivity index (χ0n) is 27.6. The van der Waals surface area contributed by atoms with Crippen LogP contribution in [0, 0.1) is 0 Å². The molecule has 38 heavy (non-hydrogen) atoms. The monoisotopic (exact) mass is 537 g/mol. The van der Waals surface area contributed by atoms with Crippen LogP contribution in [0.2, 0.25) is 0 Å². The number of nitrogens with zero attached hydrogens (tertiary/aromatic N) is 3. The maximum absolute atomic E-state index is 3.72. The summed E-state index contributed by atoms with van der Waals surface area (Å²) >= 11 is 0. The van der Waals surface area contributed by atoms with Crippen molar-refractivity contribution < 1.29 is 0 Å². The van der Waals surface area contributed by atoms with Gasteiger partial charge in [-0.3, -0.25) is 14.7 Å². The maximum Gasteiger partial charge on any atom is 0.0325 e. The second-order valence-corrected chi connectivity index (χ2v) is 14.4. The second kappa shape index (κ2) is 16.3. The second-order valence-electron chi connectivity index (χ2n) is 14.4. The smallest absolute Gasteiger partial charge is 0.0325 e. The molecular formula is C32H68N6. The number of piperidine rings is 1. The molecule has 0 spiro atoms. The molecule has 4 fully saturated rings. The minimum Gasteiger partial charge on any atom is -0.312 e. The highest BCUT2D eigenvalue weighted by Gasteiger charge is 2.41. The third kappa shape index (κ3) is 11.3. The Morgan fingerprint density at radius 3 is 1.29 bits per heavy atom. The molecule has 0 aliphatic carbocycles. The van der Waals surface area contributed by atoms with Gasteiger partial charge in [-0.25, -0.2) is 0 Å². The molecule has 3 atom stereocenters. The fourth-order valence-electron chi connectivity index (χ4n) is 7.04. The van der Waals surface area contributed by atoms with E-state index >= 15 is 0 Å². The van der Waals surface area contributed by atoms with E-state index in [-0.39, 0.29) is 0 Å². The van der Waals surface area contributed by atoms with Gasteiger partial charge >= 0.3 is 0 Å². The van der Waals surface area contributed by atoms with Crippen LogP contribution >= 0.6 is 0 Å². The molecule has 0 radical (unpaired) electrons. The molecule has 4 aliphatic rings. The summed E-state index contributed by atoms with van der Waals surface area (Å²) in [4.78, 5) is 7.79. The molecule has 4 heterocycles. The largest absolute Gasteiger partial charge is 0.312 e. The standard InChI is InChI=1S/C13H26N2.C10H22N2.C9H20N2/c1-9(2)14-11-7-12-5-6-13(8-11)15(12)10(3)4;1-8(2)11-10-5-6-12(7-10)9(3)4;1-7(2)10-9-5-11(6-9)8(3)4/h9-14H,5-8H2,1-4H3;8-11H,5-7H2,1-4H3;7-10H,5-6H2,1-4H3. The number of hydrogen-bond acceptors (Lipinski definition) is 6. The van der Waals surface area contributed by atoms with E-state index in [2.05, 4.69) is 114 Å². The highest BCUT2D eigenvalue weighted by molar-refractivity contribution is 4.99. The molecule has 0 aromatic rings. The van der Waals surface area contributed by atoms with Gasteiger partial charge in [0.2, 0.25) is 0 Å². The van der Waals surface area contributed by atoms with Crippen molar-refractivity contribution in [3.63, 3.8) is 0 Å². The Kier molecular flexibility index (Phi) is 14.5. The first-order valence-corrected chi connectivity index (χ1v) is 16.3. The quantitative estimate of drug-likeness (QED) is 0.388. The molecular weight excluding hydrogens is 468 g/mol. The molecule has 3 N–H and O–H groups in total. The minimum atomic E-state index is 0.627. The van der Waals surface area contributed by atoms with Crippen molar-refractivity contribution in [1.29, 1.82) is 0 Å². The summed E-state index contributed by atoms with van der Waals surface area (Å²) in [7, 11) is 0. The fourth-order valence-corrected chi connectivity index (χ4v) is 7.04. The van der Waals surface area contributed by atoms with Crippen molar-refractivity contribution in [1.82, 2.24) is 30.7 Å². The summed E-state index contributed by atoms with van der Waals surface area (Å²) in [5, 5.41) is 10.8. The number of likely N-dealkylation sites (tertiary alicyclic amines) is 2. The van der Waals surface area contributed by atoms with E-state index in [1.54, 1.807) is 0 Å². The molecule has 4 rings (SSSR count). The molecule has 4 aliphatic heterocycles. The molecule has 0 amide bonds. The molecule has 6 nitrogen and oxygen atoms in total. The van der Waals surface area contributed by atoms with Crippen LogP contribution in [0.15, 0.2) is 0 Å². The van der Waals surface area contributed by atoms with Gasteiger partial charge in [-0.15, -0.1) is 0 Å². The van der Waals surface area contributed by atoms with Gasteiger partial charge in [0.1, 0.15) is 0 Å². The fraction of sp³-hybridized carbons (Fsp3) is 1.00. The third-order valence-corrected chi connectivity index (χ3v) is 8.68. The Morgan fingerprint density at radius 1 is 0.474 bits per heavy atom. The van der Waals surface area contributed by atoms with Crippen LogP contribution in [0.25, 0.3) is 0 Å². The van der Waals surface area contributed by atoms with E-state index in [4.69, 9.17) is 0 Å². The van der Waals surface area contributed by atoms with Gasteiger partial charge in [-0.1, -0.05) is 41.5 Å². The lowest BCUT2D eigenvalue weighted by Gasteiger charge is -2.43. The summed E-state index contributed by atoms with van der Waals surface area (Å²) in [6, 6.07) is 8.05. The van der Waals surface area contributed by atoms with Gasteiger partial charge in [0, 0.05) is 86.1 Å². The molecule has 6 heteroatoms. The van der Waals surface area contributed by atoms with Crippen molar-refractivity contribution in [2.75, 3.05) is 26.2 Å². The van der Waals surface area contributed by atoms with Gasteiger partial charge in [0.15, 0.2) is 0 Å². The SMILES string of the molecule is CC(C)NC1CC2CCC(C1)N2C(C)C.CC(C)NC1CCN(C(C)C)C1.CC(C)NC1CN(C(C)C)C1. The van der Waals surface area contributed by atoms with E-state index in [9.17, 15) is 0 Å². The highest BCUT2D eigenvalue weighted by atomic mass is 15.3. The normalized spacial score (nSPS) is 28.9. The van der Waals surface area contributed by atoms with E-state index in [0.29, 0.717) is 24.2 Å². The zero-order valence-corrected chi connectivity index (χ0v) is 27.6. The zero-order chi connectivity index (χ0) is 28.6. The van der Waals surface area contributed by atoms with E-state index < -0.39 is 0 Å². The predicted molar refractivity (Wildman–Crippen MR) is 167 cm³/mol. The summed E-state index contributed by atoms with van der Waals surface area (Å²) in [5.41, 5.74) is 0. The van der Waals surface area contributed by atoms with Crippen molar-refractivity contribution in [3.05, 3.63) is 0 Å². The van der Waals surface area contributed by atoms with Crippen molar-refractivity contribution >= 4 is 0 Å². The van der Waals surface area contributed by atoms with Crippen LogP contribution < -0.4 is 16.0 Å². The average Bonchev–Trinajstić information content (AvgIpc) is 3.32. The Hall–Kier alpha value is -0.240. The van der Waals surface area contributed by atoms with E-state index in [0.717, 1.165) is 42.3 Å². The third-order valence-electron chi connectivity index (χ3n) is 8.68. The first-order chi connectivity index (χ1) is 17.8. The summed E-state index contributed by atoms with van der Waals surface area (Å²) in [6.07, 6.45) is 6.91. The van der Waals surface area contributed by atoms with Crippen LogP contribution in [-0.2, 0) is 0 Å². The first-order valence-electron chi connectivity index (χ1n) is 16.3. The lowest BCUT2D eigenvalue weighted by molar-refractivity contribution is 0.0830. The summed E-state index contributed by atoms with van der Waals surface area (Å²) in [5.74, 6) is 0. The highest BCUT2D eigenvalue weighted by Crippen LogP contribution is 2.37. The van der Waals surface area contributed by atoms with Gasteiger partial charge in [-0.05, 0) is 80.2 Å². The van der Waals surface area contributed by atoms with Gasteiger partial charge < -0.3 is 16.0 Å².